The first kappa shape index (κ1) is 28.1. The SMILES string of the molecule is Cc1cccc(-n2nc(-c3ccccc3)c3c2N(CC(=O)N2CCOCC2)C(=O)CS[C@@H]3c2ccc(F)cc2F)c1C. The second-order valence-electron chi connectivity index (χ2n) is 10.4. The minimum absolute atomic E-state index is 0.00637. The van der Waals surface area contributed by atoms with Crippen LogP contribution < -0.4 is 4.90 Å². The highest BCUT2D eigenvalue weighted by Crippen LogP contribution is 2.49. The maximum absolute atomic E-state index is 15.4. The number of aromatic nitrogens is 2. The molecule has 10 heteroatoms. The minimum Gasteiger partial charge on any atom is -0.378 e. The third-order valence-electron chi connectivity index (χ3n) is 7.84. The molecule has 216 valence electrons. The second kappa shape index (κ2) is 11.7. The molecule has 0 saturated carbocycles. The molecule has 3 heterocycles. The van der Waals surface area contributed by atoms with Gasteiger partial charge in [0.25, 0.3) is 0 Å². The summed E-state index contributed by atoms with van der Waals surface area (Å²) in [6.07, 6.45) is 0. The van der Waals surface area contributed by atoms with Crippen LogP contribution in [0.1, 0.15) is 27.5 Å². The summed E-state index contributed by atoms with van der Waals surface area (Å²) in [5.41, 5.74) is 4.91. The molecular weight excluding hydrogens is 558 g/mol. The van der Waals surface area contributed by atoms with E-state index in [9.17, 15) is 14.0 Å². The lowest BCUT2D eigenvalue weighted by Gasteiger charge is -2.30. The van der Waals surface area contributed by atoms with E-state index in [1.807, 2.05) is 62.4 Å². The summed E-state index contributed by atoms with van der Waals surface area (Å²) in [7, 11) is 0. The summed E-state index contributed by atoms with van der Waals surface area (Å²) in [6.45, 7) is 5.53. The highest BCUT2D eigenvalue weighted by Gasteiger charge is 2.39. The van der Waals surface area contributed by atoms with E-state index in [1.165, 1.54) is 28.8 Å². The van der Waals surface area contributed by atoms with Gasteiger partial charge in [0, 0.05) is 35.8 Å². The van der Waals surface area contributed by atoms with E-state index in [1.54, 1.807) is 9.58 Å². The third kappa shape index (κ3) is 5.20. The van der Waals surface area contributed by atoms with Gasteiger partial charge in [-0.05, 0) is 37.1 Å². The van der Waals surface area contributed by atoms with E-state index in [2.05, 4.69) is 0 Å². The topological polar surface area (TPSA) is 67.7 Å². The quantitative estimate of drug-likeness (QED) is 0.310. The molecule has 4 aromatic rings. The van der Waals surface area contributed by atoms with Crippen molar-refractivity contribution in [2.75, 3.05) is 43.5 Å². The van der Waals surface area contributed by atoms with E-state index in [0.29, 0.717) is 43.4 Å². The van der Waals surface area contributed by atoms with Gasteiger partial charge in [-0.25, -0.2) is 13.5 Å². The summed E-state index contributed by atoms with van der Waals surface area (Å²) in [6, 6.07) is 18.8. The van der Waals surface area contributed by atoms with Crippen LogP contribution in [0.2, 0.25) is 0 Å². The fourth-order valence-electron chi connectivity index (χ4n) is 5.47. The van der Waals surface area contributed by atoms with E-state index < -0.39 is 16.9 Å². The largest absolute Gasteiger partial charge is 0.378 e. The molecule has 0 bridgehead atoms. The monoisotopic (exact) mass is 588 g/mol. The molecule has 0 unspecified atom stereocenters. The Balaban J connectivity index is 1.63. The van der Waals surface area contributed by atoms with E-state index >= 15 is 4.39 Å². The van der Waals surface area contributed by atoms with Gasteiger partial charge >= 0.3 is 0 Å². The van der Waals surface area contributed by atoms with Crippen LogP contribution in [0.3, 0.4) is 0 Å². The van der Waals surface area contributed by atoms with Crippen molar-refractivity contribution in [2.24, 2.45) is 0 Å². The van der Waals surface area contributed by atoms with E-state index in [0.717, 1.165) is 28.4 Å². The number of aryl methyl sites for hydroxylation is 1. The fraction of sp³-hybridized carbons (Fsp3) is 0.281. The first-order chi connectivity index (χ1) is 20.3. The van der Waals surface area contributed by atoms with Crippen LogP contribution in [0.15, 0.2) is 66.7 Å². The van der Waals surface area contributed by atoms with Gasteiger partial charge < -0.3 is 9.64 Å². The number of benzene rings is 3. The van der Waals surface area contributed by atoms with Crippen LogP contribution in [0.5, 0.6) is 0 Å². The average Bonchev–Trinajstić information content (AvgIpc) is 3.32. The number of rotatable bonds is 5. The Morgan fingerprint density at radius 1 is 1.02 bits per heavy atom. The number of anilines is 1. The zero-order valence-electron chi connectivity index (χ0n) is 23.3. The number of morpholine rings is 1. The van der Waals surface area contributed by atoms with Crippen LogP contribution in [0.4, 0.5) is 14.6 Å². The zero-order valence-corrected chi connectivity index (χ0v) is 24.2. The van der Waals surface area contributed by atoms with Gasteiger partial charge in [-0.3, -0.25) is 14.5 Å². The van der Waals surface area contributed by atoms with Gasteiger partial charge in [-0.15, -0.1) is 11.8 Å². The summed E-state index contributed by atoms with van der Waals surface area (Å²) in [5, 5.41) is 4.38. The number of carbonyl (C=O) groups is 2. The standard InChI is InChI=1S/C32H30F2N4O3S/c1-20-7-6-10-26(21(20)2)38-32-29(30(35-38)22-8-4-3-5-9-22)31(24-12-11-23(33)17-25(24)34)42-19-28(40)37(32)18-27(39)36-13-15-41-16-14-36/h3-12,17,31H,13-16,18-19H2,1-2H3/t31-/m1/s1. The normalized spacial score (nSPS) is 17.2. The van der Waals surface area contributed by atoms with Crippen molar-refractivity contribution in [1.82, 2.24) is 14.7 Å². The number of nitrogens with zero attached hydrogens (tertiary/aromatic N) is 4. The van der Waals surface area contributed by atoms with Crippen molar-refractivity contribution in [1.29, 1.82) is 0 Å². The van der Waals surface area contributed by atoms with Crippen LogP contribution in [-0.4, -0.2) is 65.1 Å². The predicted octanol–water partition coefficient (Wildman–Crippen LogP) is 5.46. The number of fused-ring (bicyclic) bond motifs is 1. The molecule has 6 rings (SSSR count). The number of halogens is 2. The molecule has 3 aromatic carbocycles. The third-order valence-corrected chi connectivity index (χ3v) is 9.08. The lowest BCUT2D eigenvalue weighted by molar-refractivity contribution is -0.134. The van der Waals surface area contributed by atoms with Gasteiger partial charge in [0.15, 0.2) is 0 Å². The summed E-state index contributed by atoms with van der Waals surface area (Å²) in [4.78, 5) is 30.7. The van der Waals surface area contributed by atoms with E-state index in [4.69, 9.17) is 9.84 Å². The summed E-state index contributed by atoms with van der Waals surface area (Å²) in [5.74, 6) is -1.48. The minimum atomic E-state index is -0.706. The molecule has 1 aromatic heterocycles. The Hall–Kier alpha value is -4.02. The van der Waals surface area contributed by atoms with Crippen LogP contribution in [0, 0.1) is 25.5 Å². The molecule has 1 saturated heterocycles. The predicted molar refractivity (Wildman–Crippen MR) is 159 cm³/mol. The first-order valence-electron chi connectivity index (χ1n) is 13.8. The van der Waals surface area contributed by atoms with Crippen LogP contribution >= 0.6 is 11.8 Å². The number of ether oxygens (including phenoxy) is 1. The number of thioether (sulfide) groups is 1. The molecular formula is C32H30F2N4O3S. The van der Waals surface area contributed by atoms with Gasteiger partial charge in [0.2, 0.25) is 11.8 Å². The molecule has 0 spiro atoms. The maximum atomic E-state index is 15.4. The molecule has 2 amide bonds. The molecule has 2 aliphatic heterocycles. The van der Waals surface area contributed by atoms with E-state index in [-0.39, 0.29) is 29.7 Å². The van der Waals surface area contributed by atoms with Crippen LogP contribution in [0.25, 0.3) is 16.9 Å². The van der Waals surface area contributed by atoms with Crippen molar-refractivity contribution in [3.05, 3.63) is 101 Å². The number of hydrogen-bond acceptors (Lipinski definition) is 5. The lowest BCUT2D eigenvalue weighted by atomic mass is 9.99. The average molecular weight is 589 g/mol. The van der Waals surface area contributed by atoms with Gasteiger partial charge in [0.1, 0.15) is 24.0 Å². The van der Waals surface area contributed by atoms with Crippen molar-refractivity contribution in [2.45, 2.75) is 19.1 Å². The Bertz CT molecular complexity index is 1650. The Morgan fingerprint density at radius 3 is 2.52 bits per heavy atom. The van der Waals surface area contributed by atoms with Gasteiger partial charge in [-0.2, -0.15) is 5.10 Å². The summed E-state index contributed by atoms with van der Waals surface area (Å²) >= 11 is 1.25. The van der Waals surface area contributed by atoms with Crippen molar-refractivity contribution < 1.29 is 23.1 Å². The van der Waals surface area contributed by atoms with Crippen molar-refractivity contribution in [3.8, 4) is 16.9 Å². The number of amides is 2. The second-order valence-corrected chi connectivity index (χ2v) is 11.5. The Kier molecular flexibility index (Phi) is 7.83. The molecule has 2 aliphatic rings. The molecule has 42 heavy (non-hydrogen) atoms. The molecule has 1 fully saturated rings. The number of carbonyl (C=O) groups excluding carboxylic acids is 2. The number of hydrogen-bond donors (Lipinski definition) is 0. The summed E-state index contributed by atoms with van der Waals surface area (Å²) < 4.78 is 36.6. The van der Waals surface area contributed by atoms with Gasteiger partial charge in [0.05, 0.1) is 35.6 Å². The molecule has 0 N–H and O–H groups in total. The highest BCUT2D eigenvalue weighted by molar-refractivity contribution is 8.00. The molecule has 1 atom stereocenters. The highest BCUT2D eigenvalue weighted by atomic mass is 32.2. The molecule has 0 aliphatic carbocycles. The van der Waals surface area contributed by atoms with Crippen LogP contribution in [-0.2, 0) is 14.3 Å². The van der Waals surface area contributed by atoms with Gasteiger partial charge in [-0.1, -0.05) is 48.5 Å². The fourth-order valence-corrected chi connectivity index (χ4v) is 6.69. The first-order valence-corrected chi connectivity index (χ1v) is 14.9. The van der Waals surface area contributed by atoms with Crippen molar-refractivity contribution >= 4 is 29.4 Å². The Morgan fingerprint density at radius 2 is 1.79 bits per heavy atom. The molecule has 7 nitrogen and oxygen atoms in total. The van der Waals surface area contributed by atoms with Crippen molar-refractivity contribution in [3.63, 3.8) is 0 Å². The Labute approximate surface area is 247 Å². The maximum Gasteiger partial charge on any atom is 0.242 e. The molecule has 0 radical (unpaired) electrons. The zero-order chi connectivity index (χ0) is 29.4. The lowest BCUT2D eigenvalue weighted by Crippen LogP contribution is -2.48. The smallest absolute Gasteiger partial charge is 0.242 e.